The summed E-state index contributed by atoms with van der Waals surface area (Å²) in [5.41, 5.74) is 0.895. The van der Waals surface area contributed by atoms with Crippen molar-refractivity contribution in [2.75, 3.05) is 10.6 Å². The number of alkyl halides is 3. The van der Waals surface area contributed by atoms with E-state index in [0.717, 1.165) is 11.6 Å². The van der Waals surface area contributed by atoms with Crippen molar-refractivity contribution in [2.24, 2.45) is 4.99 Å². The number of nitrogens with zero attached hydrogens (tertiary/aromatic N) is 2. The van der Waals surface area contributed by atoms with Crippen LogP contribution in [-0.2, 0) is 22.3 Å². The number of rotatable bonds is 6. The van der Waals surface area contributed by atoms with Crippen LogP contribution in [0.2, 0.25) is 0 Å². The molecule has 0 spiro atoms. The van der Waals surface area contributed by atoms with Gasteiger partial charge in [-0.1, -0.05) is 48.5 Å². The minimum atomic E-state index is -4.68. The minimum absolute atomic E-state index is 0.00570. The van der Waals surface area contributed by atoms with Gasteiger partial charge in [-0.15, -0.1) is 0 Å². The van der Waals surface area contributed by atoms with Crippen LogP contribution < -0.4 is 16.0 Å². The Morgan fingerprint density at radius 2 is 1.80 bits per heavy atom. The van der Waals surface area contributed by atoms with Gasteiger partial charge in [0, 0.05) is 17.3 Å². The summed E-state index contributed by atoms with van der Waals surface area (Å²) in [4.78, 5) is 21.3. The third kappa shape index (κ3) is 6.24. The van der Waals surface area contributed by atoms with E-state index in [-0.39, 0.29) is 17.9 Å². The van der Waals surface area contributed by atoms with Crippen molar-refractivity contribution < 1.29 is 27.1 Å². The molecular weight excluding hydrogens is 539 g/mol. The van der Waals surface area contributed by atoms with Crippen molar-refractivity contribution in [1.82, 2.24) is 10.3 Å². The molecule has 2 aromatic carbocycles. The summed E-state index contributed by atoms with van der Waals surface area (Å²) in [5, 5.41) is 24.6. The average Bonchev–Trinajstić information content (AvgIpc) is 3.43. The van der Waals surface area contributed by atoms with Crippen molar-refractivity contribution in [2.45, 2.75) is 18.9 Å². The highest BCUT2D eigenvalue weighted by Gasteiger charge is 2.33. The van der Waals surface area contributed by atoms with Crippen LogP contribution in [0.25, 0.3) is 0 Å². The van der Waals surface area contributed by atoms with E-state index < -0.39 is 35.7 Å². The maximum atomic E-state index is 13.3. The van der Waals surface area contributed by atoms with Gasteiger partial charge in [0.2, 0.25) is 12.1 Å². The summed E-state index contributed by atoms with van der Waals surface area (Å²) in [7, 11) is 0. The molecule has 3 heterocycles. The van der Waals surface area contributed by atoms with Gasteiger partial charge in [-0.3, -0.25) is 15.6 Å². The van der Waals surface area contributed by atoms with E-state index in [4.69, 9.17) is 20.0 Å². The van der Waals surface area contributed by atoms with Crippen LogP contribution >= 0.6 is 0 Å². The molecule has 0 saturated heterocycles. The molecule has 208 valence electrons. The first kappa shape index (κ1) is 27.1. The smallest absolute Gasteiger partial charge is 0.417 e. The molecule has 0 fully saturated rings. The van der Waals surface area contributed by atoms with Crippen LogP contribution in [0.4, 0.5) is 24.5 Å². The Morgan fingerprint density at radius 1 is 1.05 bits per heavy atom. The summed E-state index contributed by atoms with van der Waals surface area (Å²) in [5.74, 6) is -0.887. The zero-order valence-corrected chi connectivity index (χ0v) is 21.1. The Morgan fingerprint density at radius 3 is 2.54 bits per heavy atom. The predicted molar refractivity (Wildman–Crippen MR) is 145 cm³/mol. The lowest BCUT2D eigenvalue weighted by molar-refractivity contribution is -0.137. The van der Waals surface area contributed by atoms with Crippen LogP contribution in [0.5, 0.6) is 0 Å². The number of nitrogens with one attached hydrogen (secondary N) is 5. The quantitative estimate of drug-likeness (QED) is 0.166. The first-order chi connectivity index (χ1) is 19.7. The summed E-state index contributed by atoms with van der Waals surface area (Å²) >= 11 is 0. The monoisotopic (exact) mass is 561 g/mol. The molecule has 1 atom stereocenters. The van der Waals surface area contributed by atoms with Gasteiger partial charge in [0.25, 0.3) is 11.9 Å². The molecule has 0 radical (unpaired) electrons. The number of hydrogen-bond acceptors (Lipinski definition) is 8. The molecule has 1 aliphatic rings. The number of benzene rings is 2. The Hall–Kier alpha value is -5.46. The van der Waals surface area contributed by atoms with Gasteiger partial charge >= 0.3 is 6.18 Å². The third-order valence-electron chi connectivity index (χ3n) is 5.93. The highest BCUT2D eigenvalue weighted by molar-refractivity contribution is 6.19. The van der Waals surface area contributed by atoms with E-state index in [0.29, 0.717) is 28.9 Å². The molecule has 2 aromatic heterocycles. The van der Waals surface area contributed by atoms with Crippen molar-refractivity contribution in [3.63, 3.8) is 0 Å². The fourth-order valence-corrected chi connectivity index (χ4v) is 4.02. The number of carbonyl (C=O) groups excluding carboxylic acids is 1. The summed E-state index contributed by atoms with van der Waals surface area (Å²) < 4.78 is 50.5. The highest BCUT2D eigenvalue weighted by atomic mass is 19.4. The van der Waals surface area contributed by atoms with E-state index in [1.54, 1.807) is 36.4 Å². The van der Waals surface area contributed by atoms with Crippen LogP contribution in [0.15, 0.2) is 94.7 Å². The van der Waals surface area contributed by atoms with E-state index in [1.165, 1.54) is 6.26 Å². The van der Waals surface area contributed by atoms with Crippen LogP contribution in [0.1, 0.15) is 28.1 Å². The first-order valence-electron chi connectivity index (χ1n) is 12.2. The molecule has 41 heavy (non-hydrogen) atoms. The lowest BCUT2D eigenvalue weighted by atomic mass is 10.0. The normalized spacial score (nSPS) is 14.7. The Kier molecular flexibility index (Phi) is 7.50. The topological polar surface area (TPSA) is 148 Å². The number of para-hydroxylation sites is 1. The third-order valence-corrected chi connectivity index (χ3v) is 5.93. The van der Waals surface area contributed by atoms with Gasteiger partial charge in [0.1, 0.15) is 11.5 Å². The number of aliphatic imine (C=N–C) groups is 1. The molecule has 1 aliphatic heterocycles. The number of anilines is 2. The molecule has 0 aliphatic carbocycles. The van der Waals surface area contributed by atoms with E-state index >= 15 is 0 Å². The van der Waals surface area contributed by atoms with Gasteiger partial charge < -0.3 is 25.1 Å². The molecule has 4 aromatic rings. The second-order valence-electron chi connectivity index (χ2n) is 8.74. The van der Waals surface area contributed by atoms with Crippen LogP contribution in [0, 0.1) is 10.8 Å². The van der Waals surface area contributed by atoms with Crippen molar-refractivity contribution in [3.8, 4) is 0 Å². The number of carbonyl (C=O) groups is 1. The Balaban J connectivity index is 1.37. The summed E-state index contributed by atoms with van der Waals surface area (Å²) in [6.07, 6.45) is -4.03. The number of fused-ring (bicyclic) bond motifs is 1. The number of amides is 1. The van der Waals surface area contributed by atoms with E-state index in [1.807, 2.05) is 30.3 Å². The lowest BCUT2D eigenvalue weighted by Crippen LogP contribution is -2.43. The van der Waals surface area contributed by atoms with Crippen LogP contribution in [-0.4, -0.2) is 34.7 Å². The maximum absolute atomic E-state index is 13.3. The van der Waals surface area contributed by atoms with E-state index in [9.17, 15) is 18.0 Å². The number of aromatic nitrogens is 1. The number of benzodiazepines with no additional fused rings is 1. The zero-order valence-electron chi connectivity index (χ0n) is 21.1. The second-order valence-corrected chi connectivity index (χ2v) is 8.74. The molecular formula is C28H22F3N7O3. The number of halogens is 3. The van der Waals surface area contributed by atoms with Crippen molar-refractivity contribution in [1.29, 1.82) is 10.8 Å². The molecule has 10 nitrogen and oxygen atoms in total. The van der Waals surface area contributed by atoms with Gasteiger partial charge in [0.05, 0.1) is 35.5 Å². The Labute approximate surface area is 231 Å². The number of furan rings is 1. The molecule has 0 bridgehead atoms. The molecule has 5 rings (SSSR count). The minimum Gasteiger partial charge on any atom is -0.467 e. The van der Waals surface area contributed by atoms with Gasteiger partial charge in [-0.05, 0) is 24.3 Å². The lowest BCUT2D eigenvalue weighted by Gasteiger charge is -2.17. The fraction of sp³-hybridized carbons (Fsp3) is 0.107. The molecule has 0 unspecified atom stereocenters. The molecule has 13 heteroatoms. The van der Waals surface area contributed by atoms with Gasteiger partial charge in [0.15, 0.2) is 0 Å². The predicted octanol–water partition coefficient (Wildman–Crippen LogP) is 4.99. The SMILES string of the molecule is N=C(N[C@H]1N=C(c2ccccc2)c2ccccc2NC1=O)OC(=N)c1ncc(C(F)(F)F)cc1NCc1ccco1. The maximum Gasteiger partial charge on any atom is 0.417 e. The summed E-state index contributed by atoms with van der Waals surface area (Å²) in [6.45, 7) is 0.00570. The average molecular weight is 562 g/mol. The largest absolute Gasteiger partial charge is 0.467 e. The first-order valence-corrected chi connectivity index (χ1v) is 12.2. The number of hydrogen-bond donors (Lipinski definition) is 5. The standard InChI is InChI=1S/C28H22F3N7O3/c29-28(30,31)17-13-21(34-15-18-9-6-12-40-18)23(35-14-17)24(32)41-27(33)38-25-26(39)36-20-11-5-4-10-19(20)22(37-25)16-7-2-1-3-8-16/h1-14,25,32,34H,15H2,(H2,33,38)(H,36,39)/t25-/m1/s1. The van der Waals surface area contributed by atoms with Gasteiger partial charge in [-0.25, -0.2) is 9.98 Å². The number of amidine groups is 1. The summed E-state index contributed by atoms with van der Waals surface area (Å²) in [6, 6.07) is 19.5. The van der Waals surface area contributed by atoms with Crippen molar-refractivity contribution in [3.05, 3.63) is 113 Å². The second kappa shape index (κ2) is 11.3. The van der Waals surface area contributed by atoms with Gasteiger partial charge in [-0.2, -0.15) is 13.2 Å². The highest BCUT2D eigenvalue weighted by Crippen LogP contribution is 2.31. The van der Waals surface area contributed by atoms with Crippen molar-refractivity contribution >= 4 is 34.9 Å². The molecule has 0 saturated carbocycles. The number of pyridine rings is 1. The van der Waals surface area contributed by atoms with Crippen LogP contribution in [0.3, 0.4) is 0 Å². The fourth-order valence-electron chi connectivity index (χ4n) is 4.02. The Bertz CT molecular complexity index is 1620. The molecule has 5 N–H and O–H groups in total. The molecule has 1 amide bonds. The zero-order chi connectivity index (χ0) is 29.0. The van der Waals surface area contributed by atoms with E-state index in [2.05, 4.69) is 25.9 Å². The number of ether oxygens (including phenoxy) is 1.